The number of thiocarbonyl (C=S) groups is 1. The van der Waals surface area contributed by atoms with E-state index in [1.165, 1.54) is 0 Å². The molecule has 134 valence electrons. The maximum absolute atomic E-state index is 11.5. The van der Waals surface area contributed by atoms with E-state index in [9.17, 15) is 4.79 Å². The molecule has 1 amide bonds. The predicted molar refractivity (Wildman–Crippen MR) is 101 cm³/mol. The third-order valence-corrected chi connectivity index (χ3v) is 3.44. The first-order valence-corrected chi connectivity index (χ1v) is 8.60. The summed E-state index contributed by atoms with van der Waals surface area (Å²) in [5.74, 6) is 0.741. The molecule has 0 aliphatic carbocycles. The van der Waals surface area contributed by atoms with Gasteiger partial charge in [-0.1, -0.05) is 34.8 Å². The first-order chi connectivity index (χ1) is 11.3. The number of alkyl carbamates (subject to hydrolysis) is 1. The Morgan fingerprint density at radius 2 is 1.79 bits per heavy atom. The van der Waals surface area contributed by atoms with E-state index in [1.807, 2.05) is 6.92 Å². The Morgan fingerprint density at radius 3 is 2.29 bits per heavy atom. The highest BCUT2D eigenvalue weighted by Gasteiger charge is 2.35. The molecule has 1 unspecified atom stereocenters. The Balaban J connectivity index is 2.65. The van der Waals surface area contributed by atoms with Crippen LogP contribution in [0, 0.1) is 0 Å². The smallest absolute Gasteiger partial charge is 0.408 e. The summed E-state index contributed by atoms with van der Waals surface area (Å²) in [5, 5.41) is 8.18. The fourth-order valence-corrected chi connectivity index (χ4v) is 2.15. The summed E-state index contributed by atoms with van der Waals surface area (Å²) in [7, 11) is 0. The van der Waals surface area contributed by atoms with Crippen molar-refractivity contribution in [1.82, 2.24) is 10.6 Å². The van der Waals surface area contributed by atoms with Crippen LogP contribution in [0.25, 0.3) is 0 Å². The average molecular weight is 415 g/mol. The number of hydrogen-bond acceptors (Lipinski definition) is 4. The van der Waals surface area contributed by atoms with E-state index < -0.39 is 16.1 Å². The minimum atomic E-state index is -1.84. The fraction of sp³-hybridized carbons (Fsp3) is 0.429. The molecule has 0 heterocycles. The highest BCUT2D eigenvalue weighted by atomic mass is 35.6. The van der Waals surface area contributed by atoms with Gasteiger partial charge in [0.15, 0.2) is 11.3 Å². The van der Waals surface area contributed by atoms with Crippen LogP contribution in [0.1, 0.15) is 13.8 Å². The molecule has 6 nitrogen and oxygen atoms in total. The molecule has 1 rings (SSSR count). The lowest BCUT2D eigenvalue weighted by atomic mass is 10.3. The Hall–Kier alpha value is -1.15. The number of rotatable bonds is 6. The van der Waals surface area contributed by atoms with Gasteiger partial charge < -0.3 is 20.1 Å². The van der Waals surface area contributed by atoms with Crippen LogP contribution in [0.4, 0.5) is 10.5 Å². The number of nitrogens with one attached hydrogen (secondary N) is 3. The van der Waals surface area contributed by atoms with Crippen molar-refractivity contribution in [2.45, 2.75) is 23.8 Å². The molecular weight excluding hydrogens is 397 g/mol. The van der Waals surface area contributed by atoms with Gasteiger partial charge in [-0.15, -0.1) is 0 Å². The van der Waals surface area contributed by atoms with Gasteiger partial charge in [-0.05, 0) is 50.3 Å². The molecular formula is C14H18Cl3N3O3S. The molecule has 1 aromatic rings. The van der Waals surface area contributed by atoms with Crippen molar-refractivity contribution >= 4 is 63.9 Å². The van der Waals surface area contributed by atoms with E-state index in [0.29, 0.717) is 12.3 Å². The van der Waals surface area contributed by atoms with E-state index >= 15 is 0 Å². The summed E-state index contributed by atoms with van der Waals surface area (Å²) >= 11 is 22.7. The Bertz CT molecular complexity index is 552. The molecule has 10 heteroatoms. The minimum Gasteiger partial charge on any atom is -0.494 e. The summed E-state index contributed by atoms with van der Waals surface area (Å²) in [6.07, 6.45) is -1.81. The van der Waals surface area contributed by atoms with Gasteiger partial charge in [-0.3, -0.25) is 5.32 Å². The van der Waals surface area contributed by atoms with Crippen molar-refractivity contribution < 1.29 is 14.3 Å². The number of halogens is 3. The third kappa shape index (κ3) is 7.61. The molecule has 0 aliphatic rings. The monoisotopic (exact) mass is 413 g/mol. The third-order valence-electron chi connectivity index (χ3n) is 2.56. The van der Waals surface area contributed by atoms with E-state index in [2.05, 4.69) is 16.0 Å². The SMILES string of the molecule is CCOC(=O)NC(NC(=S)Nc1ccc(OCC)cc1)C(Cl)(Cl)Cl. The van der Waals surface area contributed by atoms with Crippen molar-refractivity contribution in [1.29, 1.82) is 0 Å². The lowest BCUT2D eigenvalue weighted by Gasteiger charge is -2.27. The quantitative estimate of drug-likeness (QED) is 0.373. The van der Waals surface area contributed by atoms with Crippen LogP contribution >= 0.6 is 47.0 Å². The molecule has 0 bridgehead atoms. The molecule has 0 aliphatic heterocycles. The zero-order chi connectivity index (χ0) is 18.2. The largest absolute Gasteiger partial charge is 0.494 e. The molecule has 0 fully saturated rings. The van der Waals surface area contributed by atoms with Crippen LogP contribution < -0.4 is 20.7 Å². The van der Waals surface area contributed by atoms with E-state index in [-0.39, 0.29) is 11.7 Å². The molecule has 0 saturated heterocycles. The molecule has 3 N–H and O–H groups in total. The van der Waals surface area contributed by atoms with Gasteiger partial charge in [0.2, 0.25) is 3.79 Å². The molecule has 0 spiro atoms. The van der Waals surface area contributed by atoms with Gasteiger partial charge in [0, 0.05) is 5.69 Å². The van der Waals surface area contributed by atoms with Crippen molar-refractivity contribution in [3.8, 4) is 5.75 Å². The number of ether oxygens (including phenoxy) is 2. The van der Waals surface area contributed by atoms with Gasteiger partial charge >= 0.3 is 6.09 Å². The van der Waals surface area contributed by atoms with Crippen LogP contribution in [0.3, 0.4) is 0 Å². The summed E-state index contributed by atoms with van der Waals surface area (Å²) in [5.41, 5.74) is 0.704. The second-order valence-electron chi connectivity index (χ2n) is 4.40. The topological polar surface area (TPSA) is 71.6 Å². The molecule has 0 saturated carbocycles. The van der Waals surface area contributed by atoms with Crippen LogP contribution in [0.5, 0.6) is 5.75 Å². The first kappa shape index (κ1) is 20.9. The Labute approximate surface area is 161 Å². The second-order valence-corrected chi connectivity index (χ2v) is 7.17. The van der Waals surface area contributed by atoms with Gasteiger partial charge in [0.05, 0.1) is 13.2 Å². The first-order valence-electron chi connectivity index (χ1n) is 7.06. The highest BCUT2D eigenvalue weighted by Crippen LogP contribution is 2.29. The summed E-state index contributed by atoms with van der Waals surface area (Å²) in [6.45, 7) is 4.33. The van der Waals surface area contributed by atoms with Gasteiger partial charge in [0.1, 0.15) is 5.75 Å². The molecule has 0 radical (unpaired) electrons. The number of alkyl halides is 3. The maximum Gasteiger partial charge on any atom is 0.408 e. The number of anilines is 1. The zero-order valence-corrected chi connectivity index (χ0v) is 16.2. The molecule has 24 heavy (non-hydrogen) atoms. The Morgan fingerprint density at radius 1 is 1.17 bits per heavy atom. The van der Waals surface area contributed by atoms with Gasteiger partial charge in [-0.25, -0.2) is 4.79 Å². The number of benzene rings is 1. The average Bonchev–Trinajstić information content (AvgIpc) is 2.48. The van der Waals surface area contributed by atoms with E-state index in [1.54, 1.807) is 31.2 Å². The van der Waals surface area contributed by atoms with Crippen molar-refractivity contribution in [3.63, 3.8) is 0 Å². The van der Waals surface area contributed by atoms with Crippen molar-refractivity contribution in [3.05, 3.63) is 24.3 Å². The zero-order valence-electron chi connectivity index (χ0n) is 13.1. The molecule has 1 aromatic carbocycles. The normalized spacial score (nSPS) is 12.0. The molecule has 1 atom stereocenters. The van der Waals surface area contributed by atoms with Crippen LogP contribution in [0.15, 0.2) is 24.3 Å². The predicted octanol–water partition coefficient (Wildman–Crippen LogP) is 3.81. The Kier molecular flexibility index (Phi) is 8.69. The number of amides is 1. The van der Waals surface area contributed by atoms with E-state index in [4.69, 9.17) is 56.5 Å². The van der Waals surface area contributed by atoms with Gasteiger partial charge in [-0.2, -0.15) is 0 Å². The van der Waals surface area contributed by atoms with E-state index in [0.717, 1.165) is 5.75 Å². The van der Waals surface area contributed by atoms with Crippen LogP contribution in [-0.4, -0.2) is 34.4 Å². The number of carbonyl (C=O) groups excluding carboxylic acids is 1. The van der Waals surface area contributed by atoms with Crippen LogP contribution in [-0.2, 0) is 4.74 Å². The summed E-state index contributed by atoms with van der Waals surface area (Å²) in [4.78, 5) is 11.5. The van der Waals surface area contributed by atoms with Gasteiger partial charge in [0.25, 0.3) is 0 Å². The van der Waals surface area contributed by atoms with Crippen LogP contribution in [0.2, 0.25) is 0 Å². The highest BCUT2D eigenvalue weighted by molar-refractivity contribution is 7.80. The van der Waals surface area contributed by atoms with Crippen molar-refractivity contribution in [2.24, 2.45) is 0 Å². The summed E-state index contributed by atoms with van der Waals surface area (Å²) < 4.78 is 8.28. The second kappa shape index (κ2) is 9.98. The standard InChI is InChI=1S/C14H18Cl3N3O3S/c1-3-22-10-7-5-9(6-8-10)18-12(24)19-11(14(15,16)17)20-13(21)23-4-2/h5-8,11H,3-4H2,1-2H3,(H,20,21)(H2,18,19,24). The lowest BCUT2D eigenvalue weighted by Crippen LogP contribution is -2.56. The lowest BCUT2D eigenvalue weighted by molar-refractivity contribution is 0.147. The molecule has 0 aromatic heterocycles. The van der Waals surface area contributed by atoms with Crippen molar-refractivity contribution in [2.75, 3.05) is 18.5 Å². The minimum absolute atomic E-state index is 0.160. The number of carbonyl (C=O) groups is 1. The fourth-order valence-electron chi connectivity index (χ4n) is 1.59. The summed E-state index contributed by atoms with van der Waals surface area (Å²) in [6, 6.07) is 7.14. The number of hydrogen-bond donors (Lipinski definition) is 3. The maximum atomic E-state index is 11.5.